The van der Waals surface area contributed by atoms with Gasteiger partial charge in [-0.25, -0.2) is 9.97 Å². The lowest BCUT2D eigenvalue weighted by Gasteiger charge is -2.03. The molecule has 3 heterocycles. The summed E-state index contributed by atoms with van der Waals surface area (Å²) in [5.41, 5.74) is 3.59. The molecule has 0 radical (unpaired) electrons. The summed E-state index contributed by atoms with van der Waals surface area (Å²) in [6, 6.07) is 7.13. The molecule has 0 spiro atoms. The summed E-state index contributed by atoms with van der Waals surface area (Å²) >= 11 is 3.32. The summed E-state index contributed by atoms with van der Waals surface area (Å²) in [6.07, 6.45) is 1.61. The van der Waals surface area contributed by atoms with Gasteiger partial charge in [-0.1, -0.05) is 0 Å². The first-order chi connectivity index (χ1) is 10.9. The molecule has 0 aliphatic heterocycles. The fraction of sp³-hybridized carbons (Fsp3) is 0.125. The van der Waals surface area contributed by atoms with E-state index in [4.69, 9.17) is 0 Å². The number of hydrogen-bond acceptors (Lipinski definition) is 4. The Morgan fingerprint density at radius 1 is 1.22 bits per heavy atom. The van der Waals surface area contributed by atoms with E-state index in [9.17, 15) is 9.59 Å². The van der Waals surface area contributed by atoms with Crippen LogP contribution in [0.4, 0.5) is 5.82 Å². The van der Waals surface area contributed by atoms with Crippen molar-refractivity contribution in [2.24, 2.45) is 0 Å². The van der Waals surface area contributed by atoms with Crippen LogP contribution >= 0.6 is 15.9 Å². The van der Waals surface area contributed by atoms with Crippen LogP contribution in [0.1, 0.15) is 24.2 Å². The number of nitrogens with one attached hydrogen (secondary N) is 2. The third-order valence-corrected chi connectivity index (χ3v) is 3.72. The quantitative estimate of drug-likeness (QED) is 0.543. The molecule has 6 nitrogen and oxygen atoms in total. The fourth-order valence-electron chi connectivity index (χ4n) is 2.36. The van der Waals surface area contributed by atoms with Gasteiger partial charge in [0.05, 0.1) is 11.0 Å². The first-order valence-electron chi connectivity index (χ1n) is 6.88. The number of ketones is 1. The molecule has 0 unspecified atom stereocenters. The van der Waals surface area contributed by atoms with Gasteiger partial charge in [0.15, 0.2) is 5.78 Å². The zero-order valence-electron chi connectivity index (χ0n) is 12.5. The predicted molar refractivity (Wildman–Crippen MR) is 91.3 cm³/mol. The number of Topliss-reactive ketones (excluding diaryl/α,β-unsaturated/α-hetero) is 1. The number of hydrogen-bond donors (Lipinski definition) is 2. The van der Waals surface area contributed by atoms with Crippen LogP contribution in [0.2, 0.25) is 0 Å². The van der Waals surface area contributed by atoms with Crippen LogP contribution in [0.5, 0.6) is 0 Å². The number of rotatable bonds is 3. The number of aromatic nitrogens is 3. The Hall–Kier alpha value is -2.54. The summed E-state index contributed by atoms with van der Waals surface area (Å²) in [4.78, 5) is 34.7. The molecule has 116 valence electrons. The van der Waals surface area contributed by atoms with Gasteiger partial charge in [-0.3, -0.25) is 9.59 Å². The predicted octanol–water partition coefficient (Wildman–Crippen LogP) is 3.55. The molecule has 0 aromatic carbocycles. The average Bonchev–Trinajstić information content (AvgIpc) is 2.89. The van der Waals surface area contributed by atoms with E-state index >= 15 is 0 Å². The molecule has 3 aromatic rings. The number of carbonyl (C=O) groups is 2. The number of nitrogens with zero attached hydrogens (tertiary/aromatic N) is 2. The van der Waals surface area contributed by atoms with Crippen molar-refractivity contribution in [2.75, 3.05) is 5.32 Å². The molecule has 0 atom stereocenters. The highest BCUT2D eigenvalue weighted by Crippen LogP contribution is 2.28. The highest BCUT2D eigenvalue weighted by Gasteiger charge is 2.13. The van der Waals surface area contributed by atoms with E-state index < -0.39 is 0 Å². The second kappa shape index (κ2) is 5.92. The first-order valence-corrected chi connectivity index (χ1v) is 7.67. The molecule has 0 saturated carbocycles. The normalized spacial score (nSPS) is 10.7. The molecule has 2 N–H and O–H groups in total. The molecule has 7 heteroatoms. The number of halogens is 1. The van der Waals surface area contributed by atoms with Gasteiger partial charge in [0.2, 0.25) is 5.91 Å². The lowest BCUT2D eigenvalue weighted by molar-refractivity contribution is -0.114. The van der Waals surface area contributed by atoms with Crippen molar-refractivity contribution in [1.82, 2.24) is 15.0 Å². The lowest BCUT2D eigenvalue weighted by Crippen LogP contribution is -2.07. The van der Waals surface area contributed by atoms with E-state index in [-0.39, 0.29) is 11.7 Å². The van der Waals surface area contributed by atoms with E-state index in [1.165, 1.54) is 13.8 Å². The second-order valence-corrected chi connectivity index (χ2v) is 5.92. The van der Waals surface area contributed by atoms with E-state index in [0.717, 1.165) is 11.3 Å². The molecule has 0 aliphatic rings. The maximum absolute atomic E-state index is 11.8. The van der Waals surface area contributed by atoms with Gasteiger partial charge in [-0.05, 0) is 47.1 Å². The van der Waals surface area contributed by atoms with Crippen LogP contribution in [0, 0.1) is 0 Å². The molecule has 3 aromatic heterocycles. The largest absolute Gasteiger partial charge is 0.353 e. The number of pyridine rings is 2. The monoisotopic (exact) mass is 372 g/mol. The van der Waals surface area contributed by atoms with Crippen LogP contribution in [-0.2, 0) is 4.79 Å². The Morgan fingerprint density at radius 3 is 2.70 bits per heavy atom. The van der Waals surface area contributed by atoms with Crippen LogP contribution in [0.15, 0.2) is 35.1 Å². The Bertz CT molecular complexity index is 933. The number of aromatic amines is 1. The zero-order valence-corrected chi connectivity index (χ0v) is 14.1. The van der Waals surface area contributed by atoms with Gasteiger partial charge < -0.3 is 10.3 Å². The van der Waals surface area contributed by atoms with E-state index in [1.54, 1.807) is 18.3 Å². The first kappa shape index (κ1) is 15.4. The topological polar surface area (TPSA) is 87.7 Å². The van der Waals surface area contributed by atoms with Crippen molar-refractivity contribution in [3.05, 3.63) is 40.6 Å². The number of amides is 1. The number of fused-ring (bicyclic) bond motifs is 1. The van der Waals surface area contributed by atoms with Crippen molar-refractivity contribution in [3.8, 4) is 11.3 Å². The summed E-state index contributed by atoms with van der Waals surface area (Å²) in [6.45, 7) is 2.95. The summed E-state index contributed by atoms with van der Waals surface area (Å²) in [7, 11) is 0. The van der Waals surface area contributed by atoms with Gasteiger partial charge in [0, 0.05) is 29.9 Å². The summed E-state index contributed by atoms with van der Waals surface area (Å²) in [5, 5.41) is 2.65. The minimum Gasteiger partial charge on any atom is -0.353 e. The smallest absolute Gasteiger partial charge is 0.222 e. The Labute approximate surface area is 140 Å². The Morgan fingerprint density at radius 2 is 2.00 bits per heavy atom. The maximum Gasteiger partial charge on any atom is 0.222 e. The molecule has 23 heavy (non-hydrogen) atoms. The highest BCUT2D eigenvalue weighted by atomic mass is 79.9. The van der Waals surface area contributed by atoms with Crippen molar-refractivity contribution >= 4 is 44.5 Å². The molecular weight excluding hydrogens is 360 g/mol. The molecular formula is C16H13BrN4O2. The van der Waals surface area contributed by atoms with E-state index in [0.29, 0.717) is 27.0 Å². The van der Waals surface area contributed by atoms with Crippen LogP contribution in [0.3, 0.4) is 0 Å². The van der Waals surface area contributed by atoms with Gasteiger partial charge in [-0.15, -0.1) is 0 Å². The van der Waals surface area contributed by atoms with Crippen LogP contribution < -0.4 is 5.32 Å². The molecule has 1 amide bonds. The molecule has 0 saturated heterocycles. The third kappa shape index (κ3) is 3.14. The minimum absolute atomic E-state index is 0.0415. The van der Waals surface area contributed by atoms with Crippen molar-refractivity contribution in [1.29, 1.82) is 0 Å². The van der Waals surface area contributed by atoms with Crippen molar-refractivity contribution < 1.29 is 9.59 Å². The number of carbonyl (C=O) groups excluding carboxylic acids is 2. The standard InChI is InChI=1S/C16H13BrN4O2/c1-8(22)11-6-14(17)20-13-7-12(21-16(11)13)10-3-4-18-15(5-10)19-9(2)23/h3-7,21H,1-2H3,(H,18,19,23). The zero-order chi connectivity index (χ0) is 16.6. The third-order valence-electron chi connectivity index (χ3n) is 3.31. The highest BCUT2D eigenvalue weighted by molar-refractivity contribution is 9.10. The van der Waals surface area contributed by atoms with Crippen LogP contribution in [0.25, 0.3) is 22.3 Å². The van der Waals surface area contributed by atoms with Gasteiger partial charge in [0.1, 0.15) is 10.4 Å². The number of anilines is 1. The minimum atomic E-state index is -0.184. The van der Waals surface area contributed by atoms with E-state index in [2.05, 4.69) is 36.2 Å². The van der Waals surface area contributed by atoms with E-state index in [1.807, 2.05) is 12.1 Å². The SMILES string of the molecule is CC(=O)Nc1cc(-c2cc3nc(Br)cc(C(C)=O)c3[nH]2)ccn1. The van der Waals surface area contributed by atoms with Gasteiger partial charge in [-0.2, -0.15) is 0 Å². The maximum atomic E-state index is 11.8. The number of H-pyrrole nitrogens is 1. The second-order valence-electron chi connectivity index (χ2n) is 5.10. The molecule has 0 aliphatic carbocycles. The van der Waals surface area contributed by atoms with Crippen molar-refractivity contribution in [3.63, 3.8) is 0 Å². The Balaban J connectivity index is 2.12. The summed E-state index contributed by atoms with van der Waals surface area (Å²) < 4.78 is 0.606. The average molecular weight is 373 g/mol. The molecule has 0 bridgehead atoms. The Kier molecular flexibility index (Phi) is 3.96. The van der Waals surface area contributed by atoms with Gasteiger partial charge in [0.25, 0.3) is 0 Å². The van der Waals surface area contributed by atoms with Crippen molar-refractivity contribution in [2.45, 2.75) is 13.8 Å². The molecule has 3 rings (SSSR count). The fourth-order valence-corrected chi connectivity index (χ4v) is 2.78. The van der Waals surface area contributed by atoms with Gasteiger partial charge >= 0.3 is 0 Å². The van der Waals surface area contributed by atoms with Crippen LogP contribution in [-0.4, -0.2) is 26.6 Å². The molecule has 0 fully saturated rings. The summed E-state index contributed by atoms with van der Waals surface area (Å²) in [5.74, 6) is 0.241. The lowest BCUT2D eigenvalue weighted by atomic mass is 10.1.